The highest BCUT2D eigenvalue weighted by atomic mass is 35.5. The molecular formula is C10H20Cl2N2O2. The zero-order valence-corrected chi connectivity index (χ0v) is 10.9. The van der Waals surface area contributed by atoms with Gasteiger partial charge in [-0.3, -0.25) is 4.90 Å². The highest BCUT2D eigenvalue weighted by Gasteiger charge is 2.41. The predicted octanol–water partition coefficient (Wildman–Crippen LogP) is 0.641. The van der Waals surface area contributed by atoms with E-state index in [1.807, 2.05) is 0 Å². The van der Waals surface area contributed by atoms with E-state index in [0.717, 1.165) is 58.3 Å². The standard InChI is InChI=1S/C10H18N2O2.2ClH/c1-3-12(9-7-11-8-9)4-2-10(1)13-5-6-14-10;;/h9,11H,1-8H2;2*1H. The monoisotopic (exact) mass is 270 g/mol. The molecule has 0 amide bonds. The van der Waals surface area contributed by atoms with Gasteiger partial charge in [0.25, 0.3) is 0 Å². The summed E-state index contributed by atoms with van der Waals surface area (Å²) in [6, 6.07) is 0.772. The summed E-state index contributed by atoms with van der Waals surface area (Å²) >= 11 is 0. The summed E-state index contributed by atoms with van der Waals surface area (Å²) in [4.78, 5) is 2.56. The number of nitrogens with zero attached hydrogens (tertiary/aromatic N) is 1. The summed E-state index contributed by atoms with van der Waals surface area (Å²) in [6.45, 7) is 6.15. The van der Waals surface area contributed by atoms with Gasteiger partial charge in [-0.25, -0.2) is 0 Å². The van der Waals surface area contributed by atoms with Gasteiger partial charge in [0, 0.05) is 45.1 Å². The van der Waals surface area contributed by atoms with Gasteiger partial charge >= 0.3 is 0 Å². The molecule has 16 heavy (non-hydrogen) atoms. The van der Waals surface area contributed by atoms with Crippen LogP contribution in [0.1, 0.15) is 12.8 Å². The second-order valence-corrected chi connectivity index (χ2v) is 4.46. The maximum Gasteiger partial charge on any atom is 0.170 e. The van der Waals surface area contributed by atoms with Crippen molar-refractivity contribution in [3.05, 3.63) is 0 Å². The van der Waals surface area contributed by atoms with E-state index in [-0.39, 0.29) is 30.6 Å². The summed E-state index contributed by atoms with van der Waals surface area (Å²) < 4.78 is 11.4. The Bertz CT molecular complexity index is 211. The fraction of sp³-hybridized carbons (Fsp3) is 1.00. The van der Waals surface area contributed by atoms with Gasteiger partial charge in [0.05, 0.1) is 13.2 Å². The minimum absolute atomic E-state index is 0. The molecule has 0 aliphatic carbocycles. The highest BCUT2D eigenvalue weighted by Crippen LogP contribution is 2.32. The van der Waals surface area contributed by atoms with Gasteiger partial charge < -0.3 is 14.8 Å². The van der Waals surface area contributed by atoms with Crippen LogP contribution in [0.15, 0.2) is 0 Å². The molecule has 0 aromatic rings. The number of likely N-dealkylation sites (tertiary alicyclic amines) is 1. The molecule has 1 N–H and O–H groups in total. The van der Waals surface area contributed by atoms with Crippen LogP contribution >= 0.6 is 24.8 Å². The Morgan fingerprint density at radius 2 is 1.56 bits per heavy atom. The minimum atomic E-state index is -0.201. The summed E-state index contributed by atoms with van der Waals surface area (Å²) in [5.74, 6) is -0.201. The maximum atomic E-state index is 5.70. The van der Waals surface area contributed by atoms with Crippen molar-refractivity contribution in [2.45, 2.75) is 24.7 Å². The van der Waals surface area contributed by atoms with E-state index in [1.54, 1.807) is 0 Å². The van der Waals surface area contributed by atoms with Gasteiger partial charge in [0.1, 0.15) is 0 Å². The van der Waals surface area contributed by atoms with Crippen molar-refractivity contribution in [2.24, 2.45) is 0 Å². The van der Waals surface area contributed by atoms with Crippen LogP contribution in [-0.2, 0) is 9.47 Å². The summed E-state index contributed by atoms with van der Waals surface area (Å²) in [6.07, 6.45) is 2.09. The first-order valence-corrected chi connectivity index (χ1v) is 5.61. The Morgan fingerprint density at radius 1 is 1.00 bits per heavy atom. The summed E-state index contributed by atoms with van der Waals surface area (Å²) in [5.41, 5.74) is 0. The molecule has 3 heterocycles. The van der Waals surface area contributed by atoms with Gasteiger partial charge in [0.15, 0.2) is 5.79 Å². The average Bonchev–Trinajstić information content (AvgIpc) is 2.55. The van der Waals surface area contributed by atoms with Crippen LogP contribution in [0.25, 0.3) is 0 Å². The van der Waals surface area contributed by atoms with Crippen LogP contribution in [0.4, 0.5) is 0 Å². The van der Waals surface area contributed by atoms with E-state index in [9.17, 15) is 0 Å². The van der Waals surface area contributed by atoms with Gasteiger partial charge in [-0.1, -0.05) is 0 Å². The van der Waals surface area contributed by atoms with Gasteiger partial charge in [-0.2, -0.15) is 0 Å². The molecule has 0 atom stereocenters. The Hall–Kier alpha value is 0.420. The van der Waals surface area contributed by atoms with Crippen LogP contribution in [0.5, 0.6) is 0 Å². The van der Waals surface area contributed by atoms with E-state index >= 15 is 0 Å². The molecule has 0 unspecified atom stereocenters. The Balaban J connectivity index is 0.000000640. The lowest BCUT2D eigenvalue weighted by Crippen LogP contribution is -2.60. The number of piperidine rings is 1. The van der Waals surface area contributed by atoms with Crippen molar-refractivity contribution in [2.75, 3.05) is 39.4 Å². The van der Waals surface area contributed by atoms with E-state index in [0.29, 0.717) is 0 Å². The number of hydrogen-bond donors (Lipinski definition) is 1. The zero-order valence-electron chi connectivity index (χ0n) is 9.31. The molecule has 0 bridgehead atoms. The summed E-state index contributed by atoms with van der Waals surface area (Å²) in [5, 5.41) is 3.32. The van der Waals surface area contributed by atoms with Crippen molar-refractivity contribution in [3.63, 3.8) is 0 Å². The number of nitrogens with one attached hydrogen (secondary N) is 1. The predicted molar refractivity (Wildman–Crippen MR) is 66.6 cm³/mol. The Labute approximate surface area is 109 Å². The SMILES string of the molecule is C1COC2(CCN(C3CNC3)CC2)O1.Cl.Cl. The molecule has 3 aliphatic rings. The quantitative estimate of drug-likeness (QED) is 0.759. The van der Waals surface area contributed by atoms with Crippen molar-refractivity contribution < 1.29 is 9.47 Å². The first kappa shape index (κ1) is 14.5. The van der Waals surface area contributed by atoms with Crippen LogP contribution in [0, 0.1) is 0 Å². The van der Waals surface area contributed by atoms with E-state index in [2.05, 4.69) is 10.2 Å². The molecule has 3 aliphatic heterocycles. The van der Waals surface area contributed by atoms with Crippen molar-refractivity contribution in [1.29, 1.82) is 0 Å². The molecule has 0 saturated carbocycles. The van der Waals surface area contributed by atoms with Gasteiger partial charge in [-0.15, -0.1) is 24.8 Å². The summed E-state index contributed by atoms with van der Waals surface area (Å²) in [7, 11) is 0. The third-order valence-electron chi connectivity index (χ3n) is 3.65. The first-order valence-electron chi connectivity index (χ1n) is 5.61. The maximum absolute atomic E-state index is 5.70. The number of hydrogen-bond acceptors (Lipinski definition) is 4. The van der Waals surface area contributed by atoms with Gasteiger partial charge in [-0.05, 0) is 0 Å². The lowest BCUT2D eigenvalue weighted by molar-refractivity contribution is -0.188. The lowest BCUT2D eigenvalue weighted by Gasteiger charge is -2.44. The smallest absolute Gasteiger partial charge is 0.170 e. The van der Waals surface area contributed by atoms with Crippen molar-refractivity contribution in [3.8, 4) is 0 Å². The Morgan fingerprint density at radius 3 is 2.00 bits per heavy atom. The molecule has 0 aromatic carbocycles. The molecule has 3 rings (SSSR count). The van der Waals surface area contributed by atoms with E-state index in [4.69, 9.17) is 9.47 Å². The Kier molecular flexibility index (Phi) is 5.29. The number of rotatable bonds is 1. The van der Waals surface area contributed by atoms with E-state index in [1.165, 1.54) is 0 Å². The van der Waals surface area contributed by atoms with Crippen LogP contribution in [0.3, 0.4) is 0 Å². The zero-order chi connectivity index (χ0) is 9.43. The molecule has 3 saturated heterocycles. The minimum Gasteiger partial charge on any atom is -0.347 e. The van der Waals surface area contributed by atoms with Crippen LogP contribution in [0.2, 0.25) is 0 Å². The van der Waals surface area contributed by atoms with Gasteiger partial charge in [0.2, 0.25) is 0 Å². The highest BCUT2D eigenvalue weighted by molar-refractivity contribution is 5.85. The molecule has 6 heteroatoms. The molecule has 0 aromatic heterocycles. The fourth-order valence-corrected chi connectivity index (χ4v) is 2.55. The second-order valence-electron chi connectivity index (χ2n) is 4.46. The third-order valence-corrected chi connectivity index (χ3v) is 3.65. The second kappa shape index (κ2) is 5.85. The molecule has 96 valence electrons. The molecule has 0 radical (unpaired) electrons. The molecule has 1 spiro atoms. The molecule has 4 nitrogen and oxygen atoms in total. The topological polar surface area (TPSA) is 33.7 Å². The molecular weight excluding hydrogens is 251 g/mol. The largest absolute Gasteiger partial charge is 0.347 e. The first-order chi connectivity index (χ1) is 6.88. The van der Waals surface area contributed by atoms with Crippen molar-refractivity contribution >= 4 is 24.8 Å². The number of ether oxygens (including phenoxy) is 2. The van der Waals surface area contributed by atoms with E-state index < -0.39 is 0 Å². The van der Waals surface area contributed by atoms with Crippen LogP contribution in [-0.4, -0.2) is 56.1 Å². The fourth-order valence-electron chi connectivity index (χ4n) is 2.55. The average molecular weight is 271 g/mol. The molecule has 3 fully saturated rings. The number of halogens is 2. The third kappa shape index (κ3) is 2.63. The normalized spacial score (nSPS) is 29.2. The van der Waals surface area contributed by atoms with Crippen molar-refractivity contribution in [1.82, 2.24) is 10.2 Å². The van der Waals surface area contributed by atoms with Crippen LogP contribution < -0.4 is 5.32 Å². The lowest BCUT2D eigenvalue weighted by atomic mass is 10.00.